The number of hydrogen-bond donors (Lipinski definition) is 2. The van der Waals surface area contributed by atoms with Crippen LogP contribution in [0, 0.1) is 5.92 Å². The zero-order chi connectivity index (χ0) is 22.7. The molecule has 1 aliphatic carbocycles. The van der Waals surface area contributed by atoms with Gasteiger partial charge in [-0.1, -0.05) is 24.2 Å². The summed E-state index contributed by atoms with van der Waals surface area (Å²) in [7, 11) is 5.60. The molecule has 4 rings (SSSR count). The molecule has 2 amide bonds. The van der Waals surface area contributed by atoms with Gasteiger partial charge in [0.05, 0.1) is 16.1 Å². The molecule has 1 saturated carbocycles. The topological polar surface area (TPSA) is 118 Å². The molecule has 0 saturated heterocycles. The number of urea groups is 1. The van der Waals surface area contributed by atoms with Crippen molar-refractivity contribution in [3.8, 4) is 0 Å². The Labute approximate surface area is 193 Å². The van der Waals surface area contributed by atoms with E-state index < -0.39 is 6.03 Å². The lowest BCUT2D eigenvalue weighted by molar-refractivity contribution is 0.0924. The van der Waals surface area contributed by atoms with E-state index in [4.69, 9.17) is 0 Å². The van der Waals surface area contributed by atoms with E-state index in [0.717, 1.165) is 35.6 Å². The Hall–Kier alpha value is -2.99. The van der Waals surface area contributed by atoms with Crippen LogP contribution in [-0.4, -0.2) is 51.1 Å². The number of anilines is 3. The first-order valence-corrected chi connectivity index (χ1v) is 11.8. The van der Waals surface area contributed by atoms with E-state index in [9.17, 15) is 9.59 Å². The number of rotatable bonds is 7. The summed E-state index contributed by atoms with van der Waals surface area (Å²) in [5.41, 5.74) is 1.96. The van der Waals surface area contributed by atoms with Crippen molar-refractivity contribution in [3.63, 3.8) is 0 Å². The number of hydrogen-bond acceptors (Lipinski definition) is 9. The molecule has 0 bridgehead atoms. The number of tetrazole rings is 1. The normalized spacial score (nSPS) is 13.8. The standard InChI is InChI=1S/C20H24N8O2S2/c1-27(2)13-8-9-15(14(10-13)17(29)12-6-4-5-7-12)22-18(30)23-19-21-11-16(31-19)32-20-24-25-26-28(20)3/h8-12H,4-7H2,1-3H3,(H2,21,22,23,30). The molecule has 0 aliphatic heterocycles. The van der Waals surface area contributed by atoms with Crippen molar-refractivity contribution in [1.82, 2.24) is 25.2 Å². The Morgan fingerprint density at radius 1 is 1.22 bits per heavy atom. The van der Waals surface area contributed by atoms with Crippen molar-refractivity contribution >= 4 is 51.4 Å². The number of aryl methyl sites for hydroxylation is 1. The molecule has 2 aromatic heterocycles. The fourth-order valence-corrected chi connectivity index (χ4v) is 5.25. The summed E-state index contributed by atoms with van der Waals surface area (Å²) in [4.78, 5) is 32.0. The van der Waals surface area contributed by atoms with Gasteiger partial charge in [0.2, 0.25) is 5.16 Å². The summed E-state index contributed by atoms with van der Waals surface area (Å²) < 4.78 is 2.40. The van der Waals surface area contributed by atoms with Crippen LogP contribution in [-0.2, 0) is 7.05 Å². The number of nitrogens with one attached hydrogen (secondary N) is 2. The van der Waals surface area contributed by atoms with Gasteiger partial charge < -0.3 is 10.2 Å². The summed E-state index contributed by atoms with van der Waals surface area (Å²) in [6.45, 7) is 0. The quantitative estimate of drug-likeness (QED) is 0.497. The van der Waals surface area contributed by atoms with Crippen LogP contribution in [0.5, 0.6) is 0 Å². The fraction of sp³-hybridized carbons (Fsp3) is 0.400. The van der Waals surface area contributed by atoms with E-state index in [2.05, 4.69) is 31.1 Å². The van der Waals surface area contributed by atoms with Crippen molar-refractivity contribution in [2.45, 2.75) is 35.0 Å². The number of Topliss-reactive ketones (excluding diaryl/α,β-unsaturated/α-hetero) is 1. The lowest BCUT2D eigenvalue weighted by Gasteiger charge is -2.18. The van der Waals surface area contributed by atoms with Crippen LogP contribution in [0.15, 0.2) is 33.8 Å². The lowest BCUT2D eigenvalue weighted by Crippen LogP contribution is -2.22. The molecule has 0 atom stereocenters. The summed E-state index contributed by atoms with van der Waals surface area (Å²) in [5, 5.41) is 18.0. The Morgan fingerprint density at radius 2 is 2.00 bits per heavy atom. The average molecular weight is 473 g/mol. The van der Waals surface area contributed by atoms with Crippen molar-refractivity contribution in [3.05, 3.63) is 30.0 Å². The number of amides is 2. The number of thiazole rings is 1. The van der Waals surface area contributed by atoms with Crippen LogP contribution in [0.25, 0.3) is 0 Å². The van der Waals surface area contributed by atoms with Gasteiger partial charge in [-0.15, -0.1) is 5.10 Å². The van der Waals surface area contributed by atoms with Crippen LogP contribution >= 0.6 is 23.1 Å². The van der Waals surface area contributed by atoms with Gasteiger partial charge in [-0.3, -0.25) is 10.1 Å². The molecule has 1 aliphatic rings. The Kier molecular flexibility index (Phi) is 6.70. The van der Waals surface area contributed by atoms with Crippen LogP contribution in [0.1, 0.15) is 36.0 Å². The van der Waals surface area contributed by atoms with Gasteiger partial charge >= 0.3 is 6.03 Å². The monoisotopic (exact) mass is 472 g/mol. The number of benzene rings is 1. The Bertz CT molecular complexity index is 1120. The highest BCUT2D eigenvalue weighted by atomic mass is 32.2. The first-order chi connectivity index (χ1) is 15.4. The number of aromatic nitrogens is 5. The minimum absolute atomic E-state index is 0.0182. The number of nitrogens with zero attached hydrogens (tertiary/aromatic N) is 6. The molecule has 0 spiro atoms. The summed E-state index contributed by atoms with van der Waals surface area (Å²) in [6, 6.07) is 5.06. The average Bonchev–Trinajstić information content (AvgIpc) is 3.52. The third kappa shape index (κ3) is 5.07. The number of carbonyl (C=O) groups is 2. The molecular formula is C20H24N8O2S2. The molecule has 3 aromatic rings. The van der Waals surface area contributed by atoms with E-state index in [0.29, 0.717) is 21.5 Å². The van der Waals surface area contributed by atoms with E-state index in [1.807, 2.05) is 31.1 Å². The first kappa shape index (κ1) is 22.2. The van der Waals surface area contributed by atoms with Gasteiger partial charge in [0.1, 0.15) is 0 Å². The van der Waals surface area contributed by atoms with E-state index in [-0.39, 0.29) is 11.7 Å². The molecule has 12 heteroatoms. The minimum Gasteiger partial charge on any atom is -0.378 e. The molecule has 1 fully saturated rings. The predicted molar refractivity (Wildman–Crippen MR) is 125 cm³/mol. The highest BCUT2D eigenvalue weighted by molar-refractivity contribution is 8.01. The van der Waals surface area contributed by atoms with Gasteiger partial charge in [0.25, 0.3) is 0 Å². The Balaban J connectivity index is 1.47. The smallest absolute Gasteiger partial charge is 0.325 e. The highest BCUT2D eigenvalue weighted by Gasteiger charge is 2.26. The second-order valence-electron chi connectivity index (χ2n) is 7.72. The van der Waals surface area contributed by atoms with Gasteiger partial charge in [-0.2, -0.15) is 0 Å². The summed E-state index contributed by atoms with van der Waals surface area (Å²) >= 11 is 2.67. The molecule has 10 nitrogen and oxygen atoms in total. The van der Waals surface area contributed by atoms with Gasteiger partial charge in [0.15, 0.2) is 10.9 Å². The lowest BCUT2D eigenvalue weighted by atomic mass is 9.94. The fourth-order valence-electron chi connectivity index (χ4n) is 3.54. The van der Waals surface area contributed by atoms with E-state index in [1.165, 1.54) is 23.1 Å². The minimum atomic E-state index is -0.450. The highest BCUT2D eigenvalue weighted by Crippen LogP contribution is 2.34. The molecule has 168 valence electrons. The van der Waals surface area contributed by atoms with E-state index >= 15 is 0 Å². The third-order valence-corrected chi connectivity index (χ3v) is 7.28. The second kappa shape index (κ2) is 9.65. The van der Waals surface area contributed by atoms with Gasteiger partial charge in [-0.25, -0.2) is 14.5 Å². The molecule has 2 heterocycles. The van der Waals surface area contributed by atoms with Crippen LogP contribution in [0.3, 0.4) is 0 Å². The van der Waals surface area contributed by atoms with E-state index in [1.54, 1.807) is 24.0 Å². The third-order valence-electron chi connectivity index (χ3n) is 5.24. The maximum absolute atomic E-state index is 13.1. The molecule has 32 heavy (non-hydrogen) atoms. The molecule has 0 unspecified atom stereocenters. The zero-order valence-electron chi connectivity index (χ0n) is 18.0. The van der Waals surface area contributed by atoms with Crippen molar-refractivity contribution in [2.24, 2.45) is 13.0 Å². The van der Waals surface area contributed by atoms with Crippen LogP contribution < -0.4 is 15.5 Å². The predicted octanol–water partition coefficient (Wildman–Crippen LogP) is 3.90. The zero-order valence-corrected chi connectivity index (χ0v) is 19.7. The first-order valence-electron chi connectivity index (χ1n) is 10.2. The molecule has 1 aromatic carbocycles. The molecular weight excluding hydrogens is 448 g/mol. The maximum Gasteiger partial charge on any atom is 0.325 e. The second-order valence-corrected chi connectivity index (χ2v) is 10.0. The van der Waals surface area contributed by atoms with Crippen molar-refractivity contribution in [2.75, 3.05) is 29.6 Å². The van der Waals surface area contributed by atoms with Crippen LogP contribution in [0.2, 0.25) is 0 Å². The van der Waals surface area contributed by atoms with Gasteiger partial charge in [-0.05, 0) is 53.2 Å². The number of ketones is 1. The molecule has 0 radical (unpaired) electrons. The summed E-state index contributed by atoms with van der Waals surface area (Å²) in [5.74, 6) is 0.108. The summed E-state index contributed by atoms with van der Waals surface area (Å²) in [6.07, 6.45) is 5.60. The SMILES string of the molecule is CN(C)c1ccc(NC(=O)Nc2ncc(Sc3nnnn3C)s2)c(C(=O)C2CCCC2)c1. The van der Waals surface area contributed by atoms with Crippen molar-refractivity contribution < 1.29 is 9.59 Å². The molecule has 2 N–H and O–H groups in total. The van der Waals surface area contributed by atoms with Gasteiger partial charge in [0, 0.05) is 38.3 Å². The van der Waals surface area contributed by atoms with Crippen molar-refractivity contribution in [1.29, 1.82) is 0 Å². The maximum atomic E-state index is 13.1. The largest absolute Gasteiger partial charge is 0.378 e. The van der Waals surface area contributed by atoms with Crippen LogP contribution in [0.4, 0.5) is 21.3 Å². The Morgan fingerprint density at radius 3 is 2.69 bits per heavy atom. The number of carbonyl (C=O) groups excluding carboxylic acids is 2.